The first-order valence-electron chi connectivity index (χ1n) is 14.8. The average molecular weight is 619 g/mol. The number of alkyl halides is 4. The molecule has 44 heavy (non-hydrogen) atoms. The van der Waals surface area contributed by atoms with Gasteiger partial charge in [-0.25, -0.2) is 32.1 Å². The Hall–Kier alpha value is -3.87. The monoisotopic (exact) mass is 618 g/mol. The Bertz CT molecular complexity index is 1480. The Morgan fingerprint density at radius 1 is 1.05 bits per heavy atom. The van der Waals surface area contributed by atoms with Gasteiger partial charge in [-0.1, -0.05) is 36.4 Å². The summed E-state index contributed by atoms with van der Waals surface area (Å²) in [4.78, 5) is 31.6. The van der Waals surface area contributed by atoms with Crippen LogP contribution in [-0.2, 0) is 21.6 Å². The van der Waals surface area contributed by atoms with E-state index in [0.29, 0.717) is 29.5 Å². The summed E-state index contributed by atoms with van der Waals surface area (Å²) in [6, 6.07) is 12.8. The van der Waals surface area contributed by atoms with Gasteiger partial charge in [-0.3, -0.25) is 0 Å². The number of rotatable bonds is 7. The molecule has 1 aliphatic carbocycles. The number of hydrogen-bond donors (Lipinski definition) is 2. The molecule has 3 aliphatic rings. The molecule has 2 aliphatic heterocycles. The smallest absolute Gasteiger partial charge is 0.408 e. The lowest BCUT2D eigenvalue weighted by Gasteiger charge is -2.49. The molecule has 1 atom stereocenters. The third-order valence-electron chi connectivity index (χ3n) is 8.90. The number of alkyl carbamates (subject to hydrolysis) is 1. The van der Waals surface area contributed by atoms with Crippen LogP contribution in [0.5, 0.6) is 0 Å². The van der Waals surface area contributed by atoms with E-state index in [2.05, 4.69) is 15.6 Å². The number of hydrogen-bond acceptors (Lipinski definition) is 6. The summed E-state index contributed by atoms with van der Waals surface area (Å²) < 4.78 is 74.0. The number of ether oxygens (including phenoxy) is 2. The van der Waals surface area contributed by atoms with Crippen LogP contribution in [-0.4, -0.2) is 60.2 Å². The van der Waals surface area contributed by atoms with Gasteiger partial charge in [0.2, 0.25) is 11.8 Å². The van der Waals surface area contributed by atoms with E-state index in [1.807, 2.05) is 30.3 Å². The molecule has 3 fully saturated rings. The van der Waals surface area contributed by atoms with Gasteiger partial charge in [-0.05, 0) is 54.9 Å². The van der Waals surface area contributed by atoms with Crippen molar-refractivity contribution in [2.24, 2.45) is 5.92 Å². The molecule has 6 rings (SSSR count). The standard InChI is InChI=1S/C31H34F4N4O5/c32-30(33)10-8-21(9-11-30)25(38-28(41)43-17-20-4-2-1-3-5-20)26-37-23-16-22(6-7-24(23)44-26)29(12-14-42-15-13-29)39-19-31(34,35)18-36-27(39)40/h1-7,16,21,25H,8-15,17-19H2,(H,36,40)(H,38,41)/t25-/m0/s1. The molecule has 13 heteroatoms. The summed E-state index contributed by atoms with van der Waals surface area (Å²) >= 11 is 0. The molecule has 3 heterocycles. The molecule has 236 valence electrons. The van der Waals surface area contributed by atoms with E-state index in [9.17, 15) is 27.2 Å². The molecule has 2 aromatic carbocycles. The van der Waals surface area contributed by atoms with Crippen LogP contribution in [0.2, 0.25) is 0 Å². The van der Waals surface area contributed by atoms with Gasteiger partial charge in [0.05, 0.1) is 18.6 Å². The minimum Gasteiger partial charge on any atom is -0.445 e. The Morgan fingerprint density at radius 2 is 1.77 bits per heavy atom. The first kappa shape index (κ1) is 30.2. The quantitative estimate of drug-likeness (QED) is 0.302. The second-order valence-electron chi connectivity index (χ2n) is 11.9. The summed E-state index contributed by atoms with van der Waals surface area (Å²) in [6.45, 7) is -0.879. The van der Waals surface area contributed by atoms with Gasteiger partial charge >= 0.3 is 12.1 Å². The Kier molecular flexibility index (Phi) is 8.16. The van der Waals surface area contributed by atoms with E-state index in [1.54, 1.807) is 18.2 Å². The predicted molar refractivity (Wildman–Crippen MR) is 150 cm³/mol. The number of oxazole rings is 1. The molecule has 0 spiro atoms. The number of amides is 3. The second kappa shape index (κ2) is 11.9. The summed E-state index contributed by atoms with van der Waals surface area (Å²) in [7, 11) is 0. The van der Waals surface area contributed by atoms with Crippen molar-refractivity contribution in [3.63, 3.8) is 0 Å². The molecule has 2 N–H and O–H groups in total. The molecule has 0 radical (unpaired) electrons. The van der Waals surface area contributed by atoms with Crippen molar-refractivity contribution in [3.05, 3.63) is 65.5 Å². The fourth-order valence-electron chi connectivity index (χ4n) is 6.47. The van der Waals surface area contributed by atoms with Gasteiger partial charge in [-0.15, -0.1) is 0 Å². The van der Waals surface area contributed by atoms with Crippen molar-refractivity contribution in [3.8, 4) is 0 Å². The van der Waals surface area contributed by atoms with Crippen LogP contribution in [0.1, 0.15) is 61.6 Å². The highest BCUT2D eigenvalue weighted by molar-refractivity contribution is 5.78. The molecular weight excluding hydrogens is 584 g/mol. The van der Waals surface area contributed by atoms with Crippen LogP contribution in [0.25, 0.3) is 11.1 Å². The highest BCUT2D eigenvalue weighted by Gasteiger charge is 2.50. The molecule has 3 aromatic rings. The van der Waals surface area contributed by atoms with E-state index in [-0.39, 0.29) is 57.3 Å². The summed E-state index contributed by atoms with van der Waals surface area (Å²) in [5, 5.41) is 5.10. The maximum Gasteiger partial charge on any atom is 0.408 e. The lowest BCUT2D eigenvalue weighted by atomic mass is 9.80. The molecule has 2 saturated heterocycles. The van der Waals surface area contributed by atoms with Crippen molar-refractivity contribution in [2.75, 3.05) is 26.3 Å². The topological polar surface area (TPSA) is 106 Å². The Morgan fingerprint density at radius 3 is 2.50 bits per heavy atom. The molecule has 0 bridgehead atoms. The van der Waals surface area contributed by atoms with Gasteiger partial charge in [0.15, 0.2) is 5.58 Å². The van der Waals surface area contributed by atoms with Crippen LogP contribution >= 0.6 is 0 Å². The lowest BCUT2D eigenvalue weighted by Crippen LogP contribution is -2.64. The highest BCUT2D eigenvalue weighted by atomic mass is 19.3. The molecule has 9 nitrogen and oxygen atoms in total. The van der Waals surface area contributed by atoms with Gasteiger partial charge in [0, 0.05) is 26.1 Å². The fraction of sp³-hybridized carbons (Fsp3) is 0.516. The van der Waals surface area contributed by atoms with Crippen molar-refractivity contribution >= 4 is 23.2 Å². The molecule has 0 unspecified atom stereocenters. The second-order valence-corrected chi connectivity index (χ2v) is 11.9. The van der Waals surface area contributed by atoms with Gasteiger partial charge in [0.25, 0.3) is 5.92 Å². The number of nitrogens with zero attached hydrogens (tertiary/aromatic N) is 2. The number of carbonyl (C=O) groups excluding carboxylic acids is 2. The molecule has 1 aromatic heterocycles. The third kappa shape index (κ3) is 6.33. The SMILES string of the molecule is O=C(N[C@H](c1nc2cc(C3(N4CC(F)(F)CNC4=O)CCOCC3)ccc2o1)C1CCC(F)(F)CC1)OCc1ccccc1. The number of urea groups is 1. The van der Waals surface area contributed by atoms with Crippen molar-refractivity contribution in [1.29, 1.82) is 0 Å². The van der Waals surface area contributed by atoms with Gasteiger partial charge in [-0.2, -0.15) is 0 Å². The minimum absolute atomic E-state index is 0.0218. The largest absolute Gasteiger partial charge is 0.445 e. The Balaban J connectivity index is 1.30. The lowest BCUT2D eigenvalue weighted by molar-refractivity contribution is -0.0868. The average Bonchev–Trinajstić information content (AvgIpc) is 3.44. The van der Waals surface area contributed by atoms with Crippen LogP contribution in [0.15, 0.2) is 52.9 Å². The van der Waals surface area contributed by atoms with Crippen LogP contribution < -0.4 is 10.6 Å². The van der Waals surface area contributed by atoms with Crippen molar-refractivity contribution < 1.29 is 41.0 Å². The van der Waals surface area contributed by atoms with Crippen LogP contribution in [0.4, 0.5) is 27.2 Å². The summed E-state index contributed by atoms with van der Waals surface area (Å²) in [6.07, 6.45) is -0.499. The number of halogens is 4. The predicted octanol–water partition coefficient (Wildman–Crippen LogP) is 6.29. The van der Waals surface area contributed by atoms with Crippen molar-refractivity contribution in [2.45, 2.75) is 68.6 Å². The number of aromatic nitrogens is 1. The number of carbonyl (C=O) groups is 2. The van der Waals surface area contributed by atoms with Crippen LogP contribution in [0, 0.1) is 5.92 Å². The number of benzene rings is 2. The maximum atomic E-state index is 14.5. The van der Waals surface area contributed by atoms with E-state index < -0.39 is 48.6 Å². The van der Waals surface area contributed by atoms with E-state index in [4.69, 9.17) is 13.9 Å². The Labute approximate surface area is 251 Å². The van der Waals surface area contributed by atoms with E-state index in [1.165, 1.54) is 4.90 Å². The zero-order chi connectivity index (χ0) is 31.0. The molecule has 3 amide bonds. The fourth-order valence-corrected chi connectivity index (χ4v) is 6.47. The highest BCUT2D eigenvalue weighted by Crippen LogP contribution is 2.44. The summed E-state index contributed by atoms with van der Waals surface area (Å²) in [5.41, 5.74) is 1.08. The molecular formula is C31H34F4N4O5. The van der Waals surface area contributed by atoms with Crippen LogP contribution in [0.3, 0.4) is 0 Å². The van der Waals surface area contributed by atoms with E-state index >= 15 is 0 Å². The number of nitrogens with one attached hydrogen (secondary N) is 2. The zero-order valence-corrected chi connectivity index (χ0v) is 24.0. The first-order valence-corrected chi connectivity index (χ1v) is 14.8. The normalized spacial score (nSPS) is 22.3. The van der Waals surface area contributed by atoms with Gasteiger partial charge < -0.3 is 29.4 Å². The van der Waals surface area contributed by atoms with Gasteiger partial charge in [0.1, 0.15) is 18.2 Å². The minimum atomic E-state index is -3.10. The van der Waals surface area contributed by atoms with Crippen molar-refractivity contribution in [1.82, 2.24) is 20.5 Å². The molecule has 1 saturated carbocycles. The summed E-state index contributed by atoms with van der Waals surface area (Å²) in [5.74, 6) is -6.13. The first-order chi connectivity index (χ1) is 21.0. The number of fused-ring (bicyclic) bond motifs is 1. The van der Waals surface area contributed by atoms with E-state index in [0.717, 1.165) is 5.56 Å². The third-order valence-corrected chi connectivity index (χ3v) is 8.90. The zero-order valence-electron chi connectivity index (χ0n) is 24.0. The maximum absolute atomic E-state index is 14.5.